The largest absolute Gasteiger partial charge is 0.611 e. The molecule has 9 heavy (non-hydrogen) atoms. The molecule has 0 saturated carbocycles. The van der Waals surface area contributed by atoms with Crippen molar-refractivity contribution in [3.8, 4) is 6.07 Å². The van der Waals surface area contributed by atoms with Crippen molar-refractivity contribution in [1.82, 2.24) is 0 Å². The molecule has 1 unspecified atom stereocenters. The van der Waals surface area contributed by atoms with Crippen molar-refractivity contribution in [2.24, 2.45) is 0 Å². The van der Waals surface area contributed by atoms with Gasteiger partial charge in [-0.25, -0.2) is 0 Å². The van der Waals surface area contributed by atoms with Gasteiger partial charge >= 0.3 is 0 Å². The fraction of sp³-hybridized carbons (Fsp3) is 0.500. The number of rotatable bonds is 2. The van der Waals surface area contributed by atoms with E-state index in [1.807, 2.05) is 6.07 Å². The summed E-state index contributed by atoms with van der Waals surface area (Å²) in [6.07, 6.45) is 1.58. The lowest BCUT2D eigenvalue weighted by Crippen LogP contribution is -2.04. The van der Waals surface area contributed by atoms with Crippen molar-refractivity contribution in [3.63, 3.8) is 0 Å². The lowest BCUT2D eigenvalue weighted by molar-refractivity contribution is 0.603. The molecule has 3 heteroatoms. The Morgan fingerprint density at radius 3 is 2.56 bits per heavy atom. The Hall–Kier alpha value is -0.460. The van der Waals surface area contributed by atoms with E-state index in [9.17, 15) is 4.55 Å². The molecule has 0 amide bonds. The molecule has 0 rings (SSSR count). The summed E-state index contributed by atoms with van der Waals surface area (Å²) >= 11 is -1.06. The van der Waals surface area contributed by atoms with E-state index in [2.05, 4.69) is 0 Å². The van der Waals surface area contributed by atoms with Crippen molar-refractivity contribution in [1.29, 1.82) is 5.26 Å². The number of hydrogen-bond acceptors (Lipinski definition) is 2. The highest BCUT2D eigenvalue weighted by Crippen LogP contribution is 2.04. The van der Waals surface area contributed by atoms with Crippen LogP contribution in [0.3, 0.4) is 0 Å². The zero-order valence-corrected chi connectivity index (χ0v) is 6.36. The Kier molecular flexibility index (Phi) is 4.20. The molecule has 0 bridgehead atoms. The van der Waals surface area contributed by atoms with Gasteiger partial charge in [0.2, 0.25) is 4.91 Å². The average Bonchev–Trinajstić information content (AvgIpc) is 1.90. The quantitative estimate of drug-likeness (QED) is 0.430. The summed E-state index contributed by atoms with van der Waals surface area (Å²) in [6.45, 7) is 3.50. The summed E-state index contributed by atoms with van der Waals surface area (Å²) in [5.41, 5.74) is 0. The number of nitriles is 1. The second-order valence-electron chi connectivity index (χ2n) is 1.40. The minimum absolute atomic E-state index is 0.373. The molecule has 0 saturated heterocycles. The fourth-order valence-electron chi connectivity index (χ4n) is 0.402. The SMILES string of the molecule is C/C=C(\C#N)[S+]([O-])CC. The standard InChI is InChI=1S/C6H9NOS/c1-3-6(5-7)9(8)4-2/h3H,4H2,1-2H3/b6-3+. The molecule has 0 aliphatic rings. The predicted molar refractivity (Wildman–Crippen MR) is 38.1 cm³/mol. The molecule has 0 heterocycles. The van der Waals surface area contributed by atoms with Gasteiger partial charge in [0.25, 0.3) is 0 Å². The van der Waals surface area contributed by atoms with Crippen LogP contribution in [0.5, 0.6) is 0 Å². The van der Waals surface area contributed by atoms with Crippen molar-refractivity contribution in [2.45, 2.75) is 13.8 Å². The van der Waals surface area contributed by atoms with E-state index >= 15 is 0 Å². The van der Waals surface area contributed by atoms with Crippen LogP contribution in [0, 0.1) is 11.3 Å². The van der Waals surface area contributed by atoms with Gasteiger partial charge in [0.15, 0.2) is 6.07 Å². The number of nitrogens with zero attached hydrogens (tertiary/aromatic N) is 1. The summed E-state index contributed by atoms with van der Waals surface area (Å²) in [4.78, 5) is 0.373. The molecule has 0 aromatic rings. The Balaban J connectivity index is 4.01. The van der Waals surface area contributed by atoms with Gasteiger partial charge in [-0.3, -0.25) is 0 Å². The van der Waals surface area contributed by atoms with Crippen LogP contribution in [-0.2, 0) is 11.2 Å². The summed E-state index contributed by atoms with van der Waals surface area (Å²) < 4.78 is 10.8. The summed E-state index contributed by atoms with van der Waals surface area (Å²) in [6, 6.07) is 1.86. The minimum atomic E-state index is -1.06. The molecule has 0 aliphatic carbocycles. The van der Waals surface area contributed by atoms with Crippen LogP contribution in [0.4, 0.5) is 0 Å². The maximum atomic E-state index is 10.8. The molecule has 0 radical (unpaired) electrons. The van der Waals surface area contributed by atoms with E-state index in [1.54, 1.807) is 19.9 Å². The third kappa shape index (κ3) is 2.54. The number of hydrogen-bond donors (Lipinski definition) is 0. The van der Waals surface area contributed by atoms with E-state index < -0.39 is 11.2 Å². The lowest BCUT2D eigenvalue weighted by atomic mass is 10.6. The van der Waals surface area contributed by atoms with E-state index in [0.717, 1.165) is 0 Å². The molecule has 0 aromatic heterocycles. The summed E-state index contributed by atoms with van der Waals surface area (Å²) in [7, 11) is 0. The van der Waals surface area contributed by atoms with Gasteiger partial charge in [0, 0.05) is 0 Å². The van der Waals surface area contributed by atoms with Crippen LogP contribution in [0.2, 0.25) is 0 Å². The minimum Gasteiger partial charge on any atom is -0.611 e. The lowest BCUT2D eigenvalue weighted by Gasteiger charge is -2.03. The Labute approximate surface area is 58.4 Å². The van der Waals surface area contributed by atoms with Crippen molar-refractivity contribution in [2.75, 3.05) is 5.75 Å². The Morgan fingerprint density at radius 1 is 1.89 bits per heavy atom. The molecule has 0 fully saturated rings. The first-order valence-electron chi connectivity index (χ1n) is 2.71. The molecule has 2 nitrogen and oxygen atoms in total. The predicted octanol–water partition coefficient (Wildman–Crippen LogP) is 1.18. The average molecular weight is 143 g/mol. The van der Waals surface area contributed by atoms with E-state index in [0.29, 0.717) is 10.7 Å². The summed E-state index contributed by atoms with van der Waals surface area (Å²) in [5, 5.41) is 8.32. The van der Waals surface area contributed by atoms with Gasteiger partial charge in [-0.2, -0.15) is 5.26 Å². The van der Waals surface area contributed by atoms with Gasteiger partial charge in [-0.05, 0) is 31.1 Å². The van der Waals surface area contributed by atoms with Crippen molar-refractivity contribution < 1.29 is 4.55 Å². The molecule has 0 N–H and O–H groups in total. The zero-order chi connectivity index (χ0) is 7.28. The van der Waals surface area contributed by atoms with E-state index in [1.165, 1.54) is 0 Å². The van der Waals surface area contributed by atoms with Crippen molar-refractivity contribution >= 4 is 11.2 Å². The van der Waals surface area contributed by atoms with Gasteiger partial charge in [-0.1, -0.05) is 0 Å². The van der Waals surface area contributed by atoms with Gasteiger partial charge in [0.05, 0.1) is 0 Å². The maximum absolute atomic E-state index is 10.8. The second-order valence-corrected chi connectivity index (χ2v) is 3.11. The molecular formula is C6H9NOS. The van der Waals surface area contributed by atoms with E-state index in [4.69, 9.17) is 5.26 Å². The van der Waals surface area contributed by atoms with Crippen LogP contribution >= 0.6 is 0 Å². The highest BCUT2D eigenvalue weighted by molar-refractivity contribution is 7.95. The van der Waals surface area contributed by atoms with Crippen molar-refractivity contribution in [3.05, 3.63) is 11.0 Å². The van der Waals surface area contributed by atoms with Crippen LogP contribution < -0.4 is 0 Å². The summed E-state index contributed by atoms with van der Waals surface area (Å²) in [5.74, 6) is 0.521. The van der Waals surface area contributed by atoms with Crippen LogP contribution in [0.1, 0.15) is 13.8 Å². The first-order chi connectivity index (χ1) is 4.26. The maximum Gasteiger partial charge on any atom is 0.225 e. The van der Waals surface area contributed by atoms with E-state index in [-0.39, 0.29) is 0 Å². The third-order valence-electron chi connectivity index (χ3n) is 0.880. The zero-order valence-electron chi connectivity index (χ0n) is 5.55. The van der Waals surface area contributed by atoms with Crippen LogP contribution in [-0.4, -0.2) is 10.3 Å². The first kappa shape index (κ1) is 8.54. The Morgan fingerprint density at radius 2 is 2.44 bits per heavy atom. The Bertz CT molecular complexity index is 148. The highest BCUT2D eigenvalue weighted by Gasteiger charge is 2.07. The fourth-order valence-corrected chi connectivity index (χ4v) is 1.08. The first-order valence-corrected chi connectivity index (χ1v) is 4.03. The smallest absolute Gasteiger partial charge is 0.225 e. The molecule has 0 spiro atoms. The topological polar surface area (TPSA) is 46.8 Å². The van der Waals surface area contributed by atoms with Crippen LogP contribution in [0.25, 0.3) is 0 Å². The normalized spacial score (nSPS) is 14.7. The monoisotopic (exact) mass is 143 g/mol. The molecule has 50 valence electrons. The van der Waals surface area contributed by atoms with Gasteiger partial charge in [0.1, 0.15) is 5.75 Å². The third-order valence-corrected chi connectivity index (χ3v) is 2.22. The molecule has 1 atom stereocenters. The van der Waals surface area contributed by atoms with Crippen LogP contribution in [0.15, 0.2) is 11.0 Å². The second kappa shape index (κ2) is 4.42. The van der Waals surface area contributed by atoms with Gasteiger partial charge < -0.3 is 4.55 Å². The molecule has 0 aliphatic heterocycles. The molecular weight excluding hydrogens is 134 g/mol. The number of allylic oxidation sites excluding steroid dienone is 2. The highest BCUT2D eigenvalue weighted by atomic mass is 32.2. The van der Waals surface area contributed by atoms with Gasteiger partial charge in [-0.15, -0.1) is 0 Å². The molecule has 0 aromatic carbocycles.